The summed E-state index contributed by atoms with van der Waals surface area (Å²) >= 11 is 0. The summed E-state index contributed by atoms with van der Waals surface area (Å²) < 4.78 is 10.7. The molecule has 0 bridgehead atoms. The molecule has 1 amide bonds. The average Bonchev–Trinajstić information content (AvgIpc) is 2.87. The van der Waals surface area contributed by atoms with Gasteiger partial charge in [-0.25, -0.2) is 0 Å². The standard InChI is InChI=1S/C28H35N3O4/c1-20(32)22-7-8-24-18-25(10-9-23(24)17-22)30(2)19-28(33)31(14-5-13-29)15-12-21-6-11-26(34-3)27(16-21)35-4/h6-11,16-18H,5,12-15,19,29H2,1-4H3. The van der Waals surface area contributed by atoms with E-state index in [0.29, 0.717) is 43.1 Å². The largest absolute Gasteiger partial charge is 0.493 e. The van der Waals surface area contributed by atoms with Crippen LogP contribution in [0, 0.1) is 0 Å². The molecule has 0 saturated carbocycles. The second-order valence-electron chi connectivity index (χ2n) is 8.62. The molecule has 0 aliphatic heterocycles. The topological polar surface area (TPSA) is 85.1 Å². The number of rotatable bonds is 12. The molecule has 3 aromatic rings. The highest BCUT2D eigenvalue weighted by Gasteiger charge is 2.17. The van der Waals surface area contributed by atoms with Crippen LogP contribution in [0.25, 0.3) is 10.8 Å². The highest BCUT2D eigenvalue weighted by molar-refractivity contribution is 5.99. The minimum atomic E-state index is 0.0457. The third-order valence-electron chi connectivity index (χ3n) is 6.15. The van der Waals surface area contributed by atoms with Crippen LogP contribution in [0.2, 0.25) is 0 Å². The molecule has 7 heteroatoms. The Morgan fingerprint density at radius 1 is 0.886 bits per heavy atom. The number of ketones is 1. The predicted molar refractivity (Wildman–Crippen MR) is 141 cm³/mol. The zero-order valence-electron chi connectivity index (χ0n) is 21.0. The smallest absolute Gasteiger partial charge is 0.242 e. The van der Waals surface area contributed by atoms with Crippen molar-refractivity contribution in [3.63, 3.8) is 0 Å². The van der Waals surface area contributed by atoms with Crippen molar-refractivity contribution in [2.24, 2.45) is 5.73 Å². The van der Waals surface area contributed by atoms with Crippen molar-refractivity contribution in [2.45, 2.75) is 19.8 Å². The van der Waals surface area contributed by atoms with Crippen LogP contribution in [0.4, 0.5) is 5.69 Å². The lowest BCUT2D eigenvalue weighted by molar-refractivity contribution is -0.129. The van der Waals surface area contributed by atoms with Gasteiger partial charge in [0.15, 0.2) is 17.3 Å². The number of likely N-dealkylation sites (N-methyl/N-ethyl adjacent to an activating group) is 1. The minimum Gasteiger partial charge on any atom is -0.493 e. The summed E-state index contributed by atoms with van der Waals surface area (Å²) in [4.78, 5) is 28.7. The zero-order chi connectivity index (χ0) is 25.4. The van der Waals surface area contributed by atoms with Crippen molar-refractivity contribution in [2.75, 3.05) is 52.3 Å². The van der Waals surface area contributed by atoms with E-state index >= 15 is 0 Å². The van der Waals surface area contributed by atoms with Gasteiger partial charge in [-0.3, -0.25) is 9.59 Å². The highest BCUT2D eigenvalue weighted by atomic mass is 16.5. The monoisotopic (exact) mass is 477 g/mol. The molecule has 0 radical (unpaired) electrons. The fourth-order valence-electron chi connectivity index (χ4n) is 4.03. The Hall–Kier alpha value is -3.58. The number of Topliss-reactive ketones (excluding diaryl/α,β-unsaturated/α-hetero) is 1. The van der Waals surface area contributed by atoms with Gasteiger partial charge < -0.3 is 25.0 Å². The van der Waals surface area contributed by atoms with Crippen molar-refractivity contribution in [3.8, 4) is 11.5 Å². The van der Waals surface area contributed by atoms with E-state index in [0.717, 1.165) is 28.4 Å². The molecule has 0 aliphatic carbocycles. The number of hydrogen-bond donors (Lipinski definition) is 1. The Morgan fingerprint density at radius 2 is 1.60 bits per heavy atom. The number of amides is 1. The molecule has 35 heavy (non-hydrogen) atoms. The zero-order valence-corrected chi connectivity index (χ0v) is 21.0. The van der Waals surface area contributed by atoms with Gasteiger partial charge in [0, 0.05) is 31.4 Å². The lowest BCUT2D eigenvalue weighted by atomic mass is 10.0. The quantitative estimate of drug-likeness (QED) is 0.398. The minimum absolute atomic E-state index is 0.0457. The predicted octanol–water partition coefficient (Wildman–Crippen LogP) is 3.92. The summed E-state index contributed by atoms with van der Waals surface area (Å²) in [6.07, 6.45) is 1.45. The number of hydrogen-bond acceptors (Lipinski definition) is 6. The van der Waals surface area contributed by atoms with Crippen LogP contribution in [0.3, 0.4) is 0 Å². The van der Waals surface area contributed by atoms with Crippen molar-refractivity contribution in [1.82, 2.24) is 4.90 Å². The summed E-state index contributed by atoms with van der Waals surface area (Å²) in [6, 6.07) is 17.5. The molecule has 0 aromatic heterocycles. The van der Waals surface area contributed by atoms with E-state index in [1.807, 2.05) is 71.4 Å². The van der Waals surface area contributed by atoms with Crippen molar-refractivity contribution in [1.29, 1.82) is 0 Å². The molecule has 0 aliphatic rings. The molecule has 0 unspecified atom stereocenters. The number of carbonyl (C=O) groups excluding carboxylic acids is 2. The molecule has 0 saturated heterocycles. The van der Waals surface area contributed by atoms with Gasteiger partial charge in [0.05, 0.1) is 20.8 Å². The molecule has 186 valence electrons. The maximum absolute atomic E-state index is 13.2. The number of ether oxygens (including phenoxy) is 2. The fraction of sp³-hybridized carbons (Fsp3) is 0.357. The molecule has 3 rings (SSSR count). The molecule has 3 aromatic carbocycles. The van der Waals surface area contributed by atoms with Crippen LogP contribution in [0.1, 0.15) is 29.3 Å². The van der Waals surface area contributed by atoms with E-state index in [-0.39, 0.29) is 18.2 Å². The molecule has 0 atom stereocenters. The van der Waals surface area contributed by atoms with Crippen LogP contribution in [-0.2, 0) is 11.2 Å². The van der Waals surface area contributed by atoms with Gasteiger partial charge in [-0.15, -0.1) is 0 Å². The summed E-state index contributed by atoms with van der Waals surface area (Å²) in [6.45, 7) is 3.56. The van der Waals surface area contributed by atoms with E-state index in [1.54, 1.807) is 21.1 Å². The maximum Gasteiger partial charge on any atom is 0.242 e. The van der Waals surface area contributed by atoms with Crippen molar-refractivity contribution in [3.05, 3.63) is 65.7 Å². The van der Waals surface area contributed by atoms with Gasteiger partial charge >= 0.3 is 0 Å². The average molecular weight is 478 g/mol. The molecule has 7 nitrogen and oxygen atoms in total. The first kappa shape index (κ1) is 26.0. The van der Waals surface area contributed by atoms with Crippen molar-refractivity contribution < 1.29 is 19.1 Å². The van der Waals surface area contributed by atoms with Crippen LogP contribution >= 0.6 is 0 Å². The fourth-order valence-corrected chi connectivity index (χ4v) is 4.03. The van der Waals surface area contributed by atoms with E-state index in [4.69, 9.17) is 15.2 Å². The number of carbonyl (C=O) groups is 2. The summed E-state index contributed by atoms with van der Waals surface area (Å²) in [5.74, 6) is 1.45. The van der Waals surface area contributed by atoms with Gasteiger partial charge in [0.25, 0.3) is 0 Å². The second kappa shape index (κ2) is 12.2. The molecule has 0 spiro atoms. The summed E-state index contributed by atoms with van der Waals surface area (Å²) in [5.41, 5.74) is 8.44. The number of fused-ring (bicyclic) bond motifs is 1. The Bertz CT molecular complexity index is 1180. The summed E-state index contributed by atoms with van der Waals surface area (Å²) in [7, 11) is 5.14. The SMILES string of the molecule is COc1ccc(CCN(CCCN)C(=O)CN(C)c2ccc3cc(C(C)=O)ccc3c2)cc1OC. The number of methoxy groups -OCH3 is 2. The highest BCUT2D eigenvalue weighted by Crippen LogP contribution is 2.28. The first-order chi connectivity index (χ1) is 16.9. The third kappa shape index (κ3) is 6.73. The molecule has 2 N–H and O–H groups in total. The first-order valence-corrected chi connectivity index (χ1v) is 11.8. The van der Waals surface area contributed by atoms with Gasteiger partial charge in [-0.05, 0) is 73.0 Å². The van der Waals surface area contributed by atoms with Gasteiger partial charge in [-0.2, -0.15) is 0 Å². The van der Waals surface area contributed by atoms with Gasteiger partial charge in [0.2, 0.25) is 5.91 Å². The lowest BCUT2D eigenvalue weighted by Crippen LogP contribution is -2.41. The molecular weight excluding hydrogens is 442 g/mol. The summed E-state index contributed by atoms with van der Waals surface area (Å²) in [5, 5.41) is 2.03. The molecule has 0 fully saturated rings. The Balaban J connectivity index is 1.69. The first-order valence-electron chi connectivity index (χ1n) is 11.8. The van der Waals surface area contributed by atoms with Crippen LogP contribution in [0.15, 0.2) is 54.6 Å². The Morgan fingerprint density at radius 3 is 2.29 bits per heavy atom. The lowest BCUT2D eigenvalue weighted by Gasteiger charge is -2.27. The van der Waals surface area contributed by atoms with Crippen LogP contribution < -0.4 is 20.1 Å². The second-order valence-corrected chi connectivity index (χ2v) is 8.62. The Labute approximate surface area is 207 Å². The third-order valence-corrected chi connectivity index (χ3v) is 6.15. The van der Waals surface area contributed by atoms with Gasteiger partial charge in [0.1, 0.15) is 0 Å². The van der Waals surface area contributed by atoms with E-state index in [2.05, 4.69) is 0 Å². The van der Waals surface area contributed by atoms with Crippen LogP contribution in [-0.4, -0.2) is 64.0 Å². The van der Waals surface area contributed by atoms with Gasteiger partial charge in [-0.1, -0.05) is 24.3 Å². The Kier molecular flexibility index (Phi) is 9.09. The van der Waals surface area contributed by atoms with Crippen LogP contribution in [0.5, 0.6) is 11.5 Å². The normalized spacial score (nSPS) is 10.8. The van der Waals surface area contributed by atoms with Crippen molar-refractivity contribution >= 4 is 28.2 Å². The maximum atomic E-state index is 13.2. The number of anilines is 1. The van der Waals surface area contributed by atoms with E-state index in [1.165, 1.54) is 0 Å². The molecule has 0 heterocycles. The molecular formula is C28H35N3O4. The van der Waals surface area contributed by atoms with E-state index < -0.39 is 0 Å². The number of nitrogens with two attached hydrogens (primary N) is 1. The number of nitrogens with zero attached hydrogens (tertiary/aromatic N) is 2. The number of benzene rings is 3. The van der Waals surface area contributed by atoms with E-state index in [9.17, 15) is 9.59 Å².